The molecule has 2 aliphatic heterocycles. The van der Waals surface area contributed by atoms with Gasteiger partial charge in [0.15, 0.2) is 17.0 Å². The van der Waals surface area contributed by atoms with Crippen molar-refractivity contribution < 1.29 is 4.79 Å². The number of fused-ring (bicyclic) bond motifs is 3. The summed E-state index contributed by atoms with van der Waals surface area (Å²) in [5, 5.41) is 3.09. The number of carbonyl (C=O) groups is 1. The molecule has 0 spiro atoms. The number of aromatic nitrogens is 4. The fraction of sp³-hybridized carbons (Fsp3) is 0.500. The molecule has 0 saturated carbocycles. The van der Waals surface area contributed by atoms with Crippen molar-refractivity contribution in [2.75, 3.05) is 23.3 Å². The van der Waals surface area contributed by atoms with Crippen LogP contribution in [0.3, 0.4) is 0 Å². The topological polar surface area (TPSA) is 75.9 Å². The van der Waals surface area contributed by atoms with Crippen molar-refractivity contribution in [3.8, 4) is 0 Å². The van der Waals surface area contributed by atoms with Gasteiger partial charge in [-0.25, -0.2) is 15.0 Å². The molecule has 4 heterocycles. The number of carbonyl (C=O) groups excluding carboxylic acids is 1. The molecule has 5 rings (SSSR count). The number of imidazole rings is 1. The summed E-state index contributed by atoms with van der Waals surface area (Å²) in [6.45, 7) is 4.74. The maximum Gasteiger partial charge on any atom is 0.227 e. The van der Waals surface area contributed by atoms with Crippen LogP contribution in [0.5, 0.6) is 0 Å². The molecule has 0 unspecified atom stereocenters. The van der Waals surface area contributed by atoms with Gasteiger partial charge in [-0.1, -0.05) is 25.5 Å². The Balaban J connectivity index is 1.27. The molecule has 1 fully saturated rings. The van der Waals surface area contributed by atoms with Gasteiger partial charge in [-0.2, -0.15) is 0 Å². The zero-order chi connectivity index (χ0) is 21.2. The Kier molecular flexibility index (Phi) is 5.57. The first-order chi connectivity index (χ1) is 15.2. The molecule has 0 bridgehead atoms. The highest BCUT2D eigenvalue weighted by Crippen LogP contribution is 2.29. The van der Waals surface area contributed by atoms with Gasteiger partial charge in [-0.15, -0.1) is 0 Å². The Labute approximate surface area is 182 Å². The number of hydrogen-bond donors (Lipinski definition) is 1. The smallest absolute Gasteiger partial charge is 0.227 e. The lowest BCUT2D eigenvalue weighted by Gasteiger charge is -2.32. The fourth-order valence-electron chi connectivity index (χ4n) is 4.78. The van der Waals surface area contributed by atoms with E-state index in [9.17, 15) is 4.79 Å². The van der Waals surface area contributed by atoms with E-state index in [-0.39, 0.29) is 11.8 Å². The van der Waals surface area contributed by atoms with Crippen LogP contribution in [0.4, 0.5) is 11.5 Å². The van der Waals surface area contributed by atoms with Crippen LogP contribution in [0, 0.1) is 5.92 Å². The summed E-state index contributed by atoms with van der Waals surface area (Å²) in [5.74, 6) is 2.20. The van der Waals surface area contributed by atoms with Gasteiger partial charge in [0.1, 0.15) is 12.2 Å². The Morgan fingerprint density at radius 2 is 1.87 bits per heavy atom. The van der Waals surface area contributed by atoms with E-state index >= 15 is 0 Å². The molecule has 0 atom stereocenters. The third-order valence-corrected chi connectivity index (χ3v) is 6.67. The fourth-order valence-corrected chi connectivity index (χ4v) is 4.78. The minimum absolute atomic E-state index is 0.0261. The maximum atomic E-state index is 12.8. The predicted octanol–water partition coefficient (Wildman–Crippen LogP) is 3.97. The quantitative estimate of drug-likeness (QED) is 0.694. The molecule has 2 aliphatic rings. The zero-order valence-electron chi connectivity index (χ0n) is 18.2. The van der Waals surface area contributed by atoms with Gasteiger partial charge in [-0.05, 0) is 49.8 Å². The van der Waals surface area contributed by atoms with Gasteiger partial charge in [0, 0.05) is 37.7 Å². The van der Waals surface area contributed by atoms with Gasteiger partial charge < -0.3 is 14.8 Å². The van der Waals surface area contributed by atoms with Gasteiger partial charge in [0.05, 0.1) is 0 Å². The molecular weight excluding hydrogens is 388 g/mol. The molecule has 1 N–H and O–H groups in total. The highest BCUT2D eigenvalue weighted by molar-refractivity contribution is 5.93. The Bertz CT molecular complexity index is 1070. The van der Waals surface area contributed by atoms with E-state index in [1.54, 1.807) is 6.33 Å². The third-order valence-electron chi connectivity index (χ3n) is 6.67. The maximum absolute atomic E-state index is 12.8. The van der Waals surface area contributed by atoms with Crippen molar-refractivity contribution >= 4 is 28.6 Å². The second-order valence-electron chi connectivity index (χ2n) is 8.66. The zero-order valence-corrected chi connectivity index (χ0v) is 18.2. The van der Waals surface area contributed by atoms with E-state index in [4.69, 9.17) is 4.98 Å². The number of benzene rings is 1. The average molecular weight is 419 g/mol. The molecule has 31 heavy (non-hydrogen) atoms. The summed E-state index contributed by atoms with van der Waals surface area (Å²) in [6.07, 6.45) is 8.93. The van der Waals surface area contributed by atoms with Crippen LogP contribution in [0.1, 0.15) is 50.4 Å². The summed E-state index contributed by atoms with van der Waals surface area (Å²) in [6, 6.07) is 8.13. The van der Waals surface area contributed by atoms with E-state index in [0.29, 0.717) is 0 Å². The predicted molar refractivity (Wildman–Crippen MR) is 122 cm³/mol. The van der Waals surface area contributed by atoms with E-state index in [1.807, 2.05) is 12.1 Å². The molecule has 0 radical (unpaired) electrons. The summed E-state index contributed by atoms with van der Waals surface area (Å²) >= 11 is 0. The number of rotatable bonds is 4. The number of hydrogen-bond acceptors (Lipinski definition) is 5. The number of piperidine rings is 1. The van der Waals surface area contributed by atoms with E-state index in [2.05, 4.69) is 43.8 Å². The van der Waals surface area contributed by atoms with E-state index in [1.165, 1.54) is 24.8 Å². The highest BCUT2D eigenvalue weighted by atomic mass is 16.1. The minimum Gasteiger partial charge on any atom is -0.355 e. The molecule has 7 nitrogen and oxygen atoms in total. The first-order valence-corrected chi connectivity index (χ1v) is 11.6. The van der Waals surface area contributed by atoms with Gasteiger partial charge in [0.25, 0.3) is 0 Å². The number of aryl methyl sites for hydroxylation is 3. The average Bonchev–Trinajstić information content (AvgIpc) is 3.00. The number of nitrogens with one attached hydrogen (secondary N) is 1. The summed E-state index contributed by atoms with van der Waals surface area (Å²) in [7, 11) is 0. The van der Waals surface area contributed by atoms with Crippen LogP contribution in [-0.2, 0) is 24.2 Å². The Morgan fingerprint density at radius 1 is 1.06 bits per heavy atom. The second-order valence-corrected chi connectivity index (χ2v) is 8.66. The van der Waals surface area contributed by atoms with Crippen LogP contribution in [0.25, 0.3) is 11.2 Å². The molecule has 0 aliphatic carbocycles. The van der Waals surface area contributed by atoms with Crippen LogP contribution >= 0.6 is 0 Å². The van der Waals surface area contributed by atoms with E-state index < -0.39 is 0 Å². The van der Waals surface area contributed by atoms with Crippen molar-refractivity contribution in [1.29, 1.82) is 0 Å². The monoisotopic (exact) mass is 418 g/mol. The number of anilines is 2. The van der Waals surface area contributed by atoms with Crippen LogP contribution in [0.15, 0.2) is 30.6 Å². The van der Waals surface area contributed by atoms with Crippen LogP contribution in [-0.4, -0.2) is 38.5 Å². The Morgan fingerprint density at radius 3 is 2.65 bits per heavy atom. The van der Waals surface area contributed by atoms with Gasteiger partial charge in [0.2, 0.25) is 5.91 Å². The van der Waals surface area contributed by atoms with Crippen LogP contribution in [0.2, 0.25) is 0 Å². The van der Waals surface area contributed by atoms with Crippen molar-refractivity contribution in [1.82, 2.24) is 19.5 Å². The molecule has 3 aromatic rings. The van der Waals surface area contributed by atoms with Crippen molar-refractivity contribution in [2.24, 2.45) is 5.92 Å². The molecule has 1 aromatic carbocycles. The lowest BCUT2D eigenvalue weighted by Crippen LogP contribution is -2.38. The van der Waals surface area contributed by atoms with Gasteiger partial charge in [-0.3, -0.25) is 4.79 Å². The molecule has 162 valence electrons. The lowest BCUT2D eigenvalue weighted by molar-refractivity contribution is -0.120. The normalized spacial score (nSPS) is 17.4. The second kappa shape index (κ2) is 8.65. The SMILES string of the molecule is CCc1ccc(NC(=O)C2CCN(c3ncnc4c3nc3n4CCCCC3)CC2)cc1. The first-order valence-electron chi connectivity index (χ1n) is 11.6. The number of amides is 1. The highest BCUT2D eigenvalue weighted by Gasteiger charge is 2.28. The summed E-state index contributed by atoms with van der Waals surface area (Å²) in [5.41, 5.74) is 4.02. The minimum atomic E-state index is 0.0261. The van der Waals surface area contributed by atoms with Crippen molar-refractivity contribution in [3.05, 3.63) is 42.0 Å². The Hall–Kier alpha value is -2.96. The van der Waals surface area contributed by atoms with Crippen LogP contribution < -0.4 is 10.2 Å². The molecule has 7 heteroatoms. The van der Waals surface area contributed by atoms with Crippen molar-refractivity contribution in [3.63, 3.8) is 0 Å². The number of nitrogens with zero attached hydrogens (tertiary/aromatic N) is 5. The van der Waals surface area contributed by atoms with Gasteiger partial charge >= 0.3 is 0 Å². The summed E-state index contributed by atoms with van der Waals surface area (Å²) < 4.78 is 2.28. The standard InChI is InChI=1S/C24H30N6O/c1-2-17-7-9-19(10-8-17)27-24(31)18-11-14-29(15-12-18)22-21-23(26-16-25-22)30-13-5-3-4-6-20(30)28-21/h7-10,16,18H,2-6,11-15H2,1H3,(H,27,31). The lowest BCUT2D eigenvalue weighted by atomic mass is 9.95. The molecule has 2 aromatic heterocycles. The molecule has 1 amide bonds. The third kappa shape index (κ3) is 4.01. The van der Waals surface area contributed by atoms with Crippen molar-refractivity contribution in [2.45, 2.75) is 58.4 Å². The molecule has 1 saturated heterocycles. The first kappa shape index (κ1) is 20.0. The van der Waals surface area contributed by atoms with E-state index in [0.717, 1.165) is 73.8 Å². The largest absolute Gasteiger partial charge is 0.355 e. The molecular formula is C24H30N6O. The summed E-state index contributed by atoms with van der Waals surface area (Å²) in [4.78, 5) is 29.1.